The molecule has 160 valence electrons. The standard InChI is InChI=1S/C27H23NO4/c29-25(17-31-21-14-13-18-9-6-10-20(18)15-21)32-27(19-7-2-1-3-8-19)26(30)23-16-28-24-12-5-4-11-22(23)24/h1-5,7-8,11-16,27-28H,6,9-10,17H2/t27-/m0/s1. The van der Waals surface area contributed by atoms with Gasteiger partial charge < -0.3 is 14.5 Å². The molecule has 1 heterocycles. The fraction of sp³-hybridized carbons (Fsp3) is 0.185. The first-order chi connectivity index (χ1) is 15.7. The second kappa shape index (κ2) is 8.71. The second-order valence-corrected chi connectivity index (χ2v) is 7.97. The van der Waals surface area contributed by atoms with E-state index in [1.165, 1.54) is 11.1 Å². The van der Waals surface area contributed by atoms with E-state index in [1.807, 2.05) is 54.6 Å². The van der Waals surface area contributed by atoms with Gasteiger partial charge >= 0.3 is 5.97 Å². The van der Waals surface area contributed by atoms with Crippen LogP contribution in [0.3, 0.4) is 0 Å². The molecule has 0 saturated carbocycles. The number of rotatable bonds is 7. The van der Waals surface area contributed by atoms with Crippen molar-refractivity contribution in [3.63, 3.8) is 0 Å². The van der Waals surface area contributed by atoms with Gasteiger partial charge in [-0.3, -0.25) is 4.79 Å². The van der Waals surface area contributed by atoms with E-state index in [2.05, 4.69) is 11.1 Å². The topological polar surface area (TPSA) is 68.4 Å². The number of carbonyl (C=O) groups is 2. The number of H-pyrrole nitrogens is 1. The van der Waals surface area contributed by atoms with Crippen LogP contribution in [-0.2, 0) is 22.4 Å². The Balaban J connectivity index is 1.34. The monoisotopic (exact) mass is 425 g/mol. The number of hydrogen-bond acceptors (Lipinski definition) is 4. The maximum atomic E-state index is 13.4. The Bertz CT molecular complexity index is 1280. The molecule has 0 radical (unpaired) electrons. The van der Waals surface area contributed by atoms with Crippen LogP contribution in [-0.4, -0.2) is 23.3 Å². The lowest BCUT2D eigenvalue weighted by Gasteiger charge is -2.17. The number of fused-ring (bicyclic) bond motifs is 2. The molecule has 1 atom stereocenters. The van der Waals surface area contributed by atoms with Crippen molar-refractivity contribution in [3.05, 3.63) is 101 Å². The summed E-state index contributed by atoms with van der Waals surface area (Å²) in [6.07, 6.45) is 3.89. The molecule has 5 nitrogen and oxygen atoms in total. The summed E-state index contributed by atoms with van der Waals surface area (Å²) in [5.74, 6) is -0.228. The summed E-state index contributed by atoms with van der Waals surface area (Å²) in [5.41, 5.74) is 4.57. The lowest BCUT2D eigenvalue weighted by Crippen LogP contribution is -2.23. The van der Waals surface area contributed by atoms with Crippen molar-refractivity contribution in [2.75, 3.05) is 6.61 Å². The van der Waals surface area contributed by atoms with Crippen LogP contribution in [0.1, 0.15) is 39.6 Å². The number of carbonyl (C=O) groups excluding carboxylic acids is 2. The van der Waals surface area contributed by atoms with Crippen LogP contribution in [0.4, 0.5) is 0 Å². The Labute approximate surface area is 186 Å². The Hall–Kier alpha value is -3.86. The van der Waals surface area contributed by atoms with E-state index in [0.29, 0.717) is 16.9 Å². The van der Waals surface area contributed by atoms with Crippen LogP contribution >= 0.6 is 0 Å². The van der Waals surface area contributed by atoms with Gasteiger partial charge in [-0.15, -0.1) is 0 Å². The molecule has 5 rings (SSSR count). The molecule has 0 aliphatic heterocycles. The average Bonchev–Trinajstić information content (AvgIpc) is 3.48. The highest BCUT2D eigenvalue weighted by atomic mass is 16.6. The third-order valence-corrected chi connectivity index (χ3v) is 5.87. The zero-order chi connectivity index (χ0) is 21.9. The number of ketones is 1. The highest BCUT2D eigenvalue weighted by Gasteiger charge is 2.28. The SMILES string of the molecule is O=C(COc1ccc2c(c1)CCC2)O[C@H](C(=O)c1c[nH]c2ccccc12)c1ccccc1. The number of aromatic nitrogens is 1. The number of para-hydroxylation sites is 1. The van der Waals surface area contributed by atoms with Crippen LogP contribution in [0, 0.1) is 0 Å². The first-order valence-electron chi connectivity index (χ1n) is 10.8. The number of benzene rings is 3. The van der Waals surface area contributed by atoms with Gasteiger partial charge in [-0.1, -0.05) is 54.6 Å². The first kappa shape index (κ1) is 20.1. The van der Waals surface area contributed by atoms with E-state index < -0.39 is 12.1 Å². The summed E-state index contributed by atoms with van der Waals surface area (Å²) >= 11 is 0. The molecule has 0 saturated heterocycles. The fourth-order valence-corrected chi connectivity index (χ4v) is 4.26. The van der Waals surface area contributed by atoms with Crippen molar-refractivity contribution in [2.45, 2.75) is 25.4 Å². The minimum atomic E-state index is -1.05. The molecule has 5 heteroatoms. The van der Waals surface area contributed by atoms with E-state index in [-0.39, 0.29) is 12.4 Å². The maximum absolute atomic E-state index is 13.4. The van der Waals surface area contributed by atoms with Crippen molar-refractivity contribution < 1.29 is 19.1 Å². The zero-order valence-corrected chi connectivity index (χ0v) is 17.5. The number of Topliss-reactive ketones (excluding diaryl/α,β-unsaturated/α-hetero) is 1. The summed E-state index contributed by atoms with van der Waals surface area (Å²) in [4.78, 5) is 29.2. The van der Waals surface area contributed by atoms with Crippen molar-refractivity contribution in [1.29, 1.82) is 0 Å². The molecule has 0 spiro atoms. The highest BCUT2D eigenvalue weighted by Crippen LogP contribution is 2.28. The molecule has 0 unspecified atom stereocenters. The van der Waals surface area contributed by atoms with Crippen LogP contribution < -0.4 is 4.74 Å². The van der Waals surface area contributed by atoms with Crippen LogP contribution in [0.25, 0.3) is 10.9 Å². The van der Waals surface area contributed by atoms with Gasteiger partial charge in [0, 0.05) is 28.2 Å². The second-order valence-electron chi connectivity index (χ2n) is 7.97. The Morgan fingerprint density at radius 1 is 0.906 bits per heavy atom. The Morgan fingerprint density at radius 2 is 1.69 bits per heavy atom. The minimum absolute atomic E-state index is 0.261. The fourth-order valence-electron chi connectivity index (χ4n) is 4.26. The van der Waals surface area contributed by atoms with Crippen LogP contribution in [0.2, 0.25) is 0 Å². The first-order valence-corrected chi connectivity index (χ1v) is 10.8. The number of esters is 1. The van der Waals surface area contributed by atoms with Crippen LogP contribution in [0.5, 0.6) is 5.75 Å². The van der Waals surface area contributed by atoms with Gasteiger partial charge in [0.1, 0.15) is 5.75 Å². The molecule has 3 aromatic carbocycles. The third-order valence-electron chi connectivity index (χ3n) is 5.87. The number of hydrogen-bond donors (Lipinski definition) is 1. The normalized spacial score (nSPS) is 13.5. The summed E-state index contributed by atoms with van der Waals surface area (Å²) in [6.45, 7) is -0.261. The maximum Gasteiger partial charge on any atom is 0.345 e. The quantitative estimate of drug-likeness (QED) is 0.326. The van der Waals surface area contributed by atoms with E-state index in [0.717, 1.165) is 30.2 Å². The molecule has 1 N–H and O–H groups in total. The van der Waals surface area contributed by atoms with Crippen molar-refractivity contribution >= 4 is 22.7 Å². The zero-order valence-electron chi connectivity index (χ0n) is 17.5. The summed E-state index contributed by atoms with van der Waals surface area (Å²) in [7, 11) is 0. The van der Waals surface area contributed by atoms with Crippen LogP contribution in [0.15, 0.2) is 79.0 Å². The van der Waals surface area contributed by atoms with Crippen molar-refractivity contribution in [3.8, 4) is 5.75 Å². The minimum Gasteiger partial charge on any atom is -0.482 e. The molecule has 4 aromatic rings. The number of aromatic amines is 1. The third kappa shape index (κ3) is 4.02. The van der Waals surface area contributed by atoms with E-state index in [4.69, 9.17) is 9.47 Å². The van der Waals surface area contributed by atoms with Gasteiger partial charge in [0.2, 0.25) is 5.78 Å². The predicted octanol–water partition coefficient (Wildman–Crippen LogP) is 5.20. The molecule has 0 bridgehead atoms. The average molecular weight is 425 g/mol. The molecule has 1 aliphatic rings. The molecule has 1 aliphatic carbocycles. The number of nitrogens with one attached hydrogen (secondary N) is 1. The van der Waals surface area contributed by atoms with Crippen molar-refractivity contribution in [2.24, 2.45) is 0 Å². The van der Waals surface area contributed by atoms with E-state index in [9.17, 15) is 9.59 Å². The largest absolute Gasteiger partial charge is 0.482 e. The molecule has 1 aromatic heterocycles. The summed E-state index contributed by atoms with van der Waals surface area (Å²) in [5, 5.41) is 0.795. The van der Waals surface area contributed by atoms with Gasteiger partial charge in [0.05, 0.1) is 0 Å². The van der Waals surface area contributed by atoms with E-state index >= 15 is 0 Å². The number of aryl methyl sites for hydroxylation is 2. The predicted molar refractivity (Wildman–Crippen MR) is 122 cm³/mol. The molecular formula is C27H23NO4. The van der Waals surface area contributed by atoms with Gasteiger partial charge in [-0.25, -0.2) is 4.79 Å². The Morgan fingerprint density at radius 3 is 2.56 bits per heavy atom. The van der Waals surface area contributed by atoms with Crippen molar-refractivity contribution in [1.82, 2.24) is 4.98 Å². The lowest BCUT2D eigenvalue weighted by molar-refractivity contribution is -0.149. The Kier molecular flexibility index (Phi) is 5.46. The number of ether oxygens (including phenoxy) is 2. The highest BCUT2D eigenvalue weighted by molar-refractivity contribution is 6.10. The smallest absolute Gasteiger partial charge is 0.345 e. The van der Waals surface area contributed by atoms with E-state index in [1.54, 1.807) is 18.3 Å². The summed E-state index contributed by atoms with van der Waals surface area (Å²) < 4.78 is 11.3. The summed E-state index contributed by atoms with van der Waals surface area (Å²) in [6, 6.07) is 22.5. The molecule has 32 heavy (non-hydrogen) atoms. The van der Waals surface area contributed by atoms with Gasteiger partial charge in [0.15, 0.2) is 12.7 Å². The molecule has 0 amide bonds. The lowest BCUT2D eigenvalue weighted by atomic mass is 9.99. The van der Waals surface area contributed by atoms with Gasteiger partial charge in [-0.2, -0.15) is 0 Å². The van der Waals surface area contributed by atoms with Gasteiger partial charge in [-0.05, 0) is 48.6 Å². The molecule has 0 fully saturated rings. The molecular weight excluding hydrogens is 402 g/mol. The van der Waals surface area contributed by atoms with Gasteiger partial charge in [0.25, 0.3) is 0 Å².